The summed E-state index contributed by atoms with van der Waals surface area (Å²) < 4.78 is 9.11. The maximum atomic E-state index is 13.4. The van der Waals surface area contributed by atoms with Crippen LogP contribution in [0.25, 0.3) is 39.2 Å². The molecule has 0 aliphatic rings. The topological polar surface area (TPSA) is 91.4 Å². The smallest absolute Gasteiger partial charge is 0.300 e. The fourth-order valence-electron chi connectivity index (χ4n) is 4.36. The van der Waals surface area contributed by atoms with Crippen molar-refractivity contribution in [3.8, 4) is 34.0 Å². The molecule has 0 saturated heterocycles. The van der Waals surface area contributed by atoms with Crippen LogP contribution in [0, 0.1) is 6.92 Å². The second-order valence-corrected chi connectivity index (χ2v) is 10.0. The number of thiazole rings is 1. The van der Waals surface area contributed by atoms with Crippen molar-refractivity contribution in [3.63, 3.8) is 0 Å². The summed E-state index contributed by atoms with van der Waals surface area (Å²) in [5, 5.41) is 9.24. The van der Waals surface area contributed by atoms with Gasteiger partial charge in [-0.1, -0.05) is 72.5 Å². The van der Waals surface area contributed by atoms with Crippen molar-refractivity contribution in [2.75, 3.05) is 6.61 Å². The summed E-state index contributed by atoms with van der Waals surface area (Å²) in [4.78, 5) is 30.5. The normalized spacial score (nSPS) is 11.7. The highest BCUT2D eigenvalue weighted by molar-refractivity contribution is 7.15. The lowest BCUT2D eigenvalue weighted by molar-refractivity contribution is 0.361. The number of rotatable bonds is 7. The third-order valence-corrected chi connectivity index (χ3v) is 7.25. The molecule has 0 aliphatic heterocycles. The fourth-order valence-corrected chi connectivity index (χ4v) is 5.26. The molecule has 6 rings (SSSR count). The number of nitrogens with zero attached hydrogens (tertiary/aromatic N) is 5. The first-order valence-electron chi connectivity index (χ1n) is 12.5. The minimum atomic E-state index is -0.481. The first-order chi connectivity index (χ1) is 19.5. The first-order valence-corrected chi connectivity index (χ1v) is 13.3. The Morgan fingerprint density at radius 1 is 0.925 bits per heavy atom. The molecule has 9 heteroatoms. The number of aryl methyl sites for hydroxylation is 1. The monoisotopic (exact) mass is 545 g/mol. The van der Waals surface area contributed by atoms with Crippen LogP contribution >= 0.6 is 11.3 Å². The predicted octanol–water partition coefficient (Wildman–Crippen LogP) is 4.45. The van der Waals surface area contributed by atoms with Gasteiger partial charge in [-0.2, -0.15) is 19.7 Å². The average Bonchev–Trinajstić information content (AvgIpc) is 3.53. The number of fused-ring (bicyclic) bond motifs is 1. The number of aromatic nitrogens is 5. The van der Waals surface area contributed by atoms with E-state index in [2.05, 4.69) is 16.7 Å². The minimum Gasteiger partial charge on any atom is -0.489 e. The van der Waals surface area contributed by atoms with Gasteiger partial charge in [-0.3, -0.25) is 9.59 Å². The summed E-state index contributed by atoms with van der Waals surface area (Å²) in [7, 11) is 0. The Kier molecular flexibility index (Phi) is 6.63. The highest BCUT2D eigenvalue weighted by atomic mass is 32.1. The minimum absolute atomic E-state index is 0.131. The molecule has 6 aromatic rings. The second-order valence-electron chi connectivity index (χ2n) is 9.03. The van der Waals surface area contributed by atoms with Crippen LogP contribution in [-0.4, -0.2) is 31.0 Å². The van der Waals surface area contributed by atoms with Crippen LogP contribution in [0.15, 0.2) is 107 Å². The highest BCUT2D eigenvalue weighted by Gasteiger charge is 2.16. The SMILES string of the molecule is C=CCOc1ccc(-c2nn(-c3ccccc3)cc2C=c2sc3nc(=O)c(-c4ccccc4)nn3c2=O)cc1C. The van der Waals surface area contributed by atoms with E-state index in [0.29, 0.717) is 22.4 Å². The molecule has 0 spiro atoms. The zero-order chi connectivity index (χ0) is 27.6. The Hall–Kier alpha value is -5.15. The highest BCUT2D eigenvalue weighted by Crippen LogP contribution is 2.29. The maximum absolute atomic E-state index is 13.4. The van der Waals surface area contributed by atoms with Crippen molar-refractivity contribution in [2.24, 2.45) is 0 Å². The molecule has 0 N–H and O–H groups in total. The molecule has 3 aromatic heterocycles. The third kappa shape index (κ3) is 4.74. The molecule has 0 unspecified atom stereocenters. The van der Waals surface area contributed by atoms with Crippen LogP contribution in [0.5, 0.6) is 5.75 Å². The van der Waals surface area contributed by atoms with Crippen LogP contribution in [0.3, 0.4) is 0 Å². The third-order valence-electron chi connectivity index (χ3n) is 6.29. The van der Waals surface area contributed by atoms with Crippen LogP contribution in [-0.2, 0) is 0 Å². The molecule has 196 valence electrons. The van der Waals surface area contributed by atoms with Gasteiger partial charge >= 0.3 is 5.56 Å². The molecule has 8 nitrogen and oxygen atoms in total. The van der Waals surface area contributed by atoms with Gasteiger partial charge in [0.05, 0.1) is 10.2 Å². The summed E-state index contributed by atoms with van der Waals surface area (Å²) in [6.45, 7) is 6.09. The summed E-state index contributed by atoms with van der Waals surface area (Å²) in [5.41, 5.74) is 4.03. The first kappa shape index (κ1) is 25.1. The van der Waals surface area contributed by atoms with Crippen LogP contribution in [0.1, 0.15) is 11.1 Å². The van der Waals surface area contributed by atoms with E-state index in [1.165, 1.54) is 4.52 Å². The van der Waals surface area contributed by atoms with Crippen LogP contribution in [0.4, 0.5) is 0 Å². The summed E-state index contributed by atoms with van der Waals surface area (Å²) >= 11 is 1.12. The number of ether oxygens (including phenoxy) is 1. The van der Waals surface area contributed by atoms with Crippen molar-refractivity contribution in [1.82, 2.24) is 24.4 Å². The van der Waals surface area contributed by atoms with Crippen molar-refractivity contribution < 1.29 is 4.74 Å². The van der Waals surface area contributed by atoms with E-state index in [1.807, 2.05) is 79.9 Å². The molecule has 0 aliphatic carbocycles. The van der Waals surface area contributed by atoms with Gasteiger partial charge in [-0.05, 0) is 48.9 Å². The fraction of sp³-hybridized carbons (Fsp3) is 0.0645. The predicted molar refractivity (Wildman–Crippen MR) is 157 cm³/mol. The number of hydrogen-bond acceptors (Lipinski definition) is 7. The van der Waals surface area contributed by atoms with E-state index in [1.54, 1.807) is 29.0 Å². The molecular weight excluding hydrogens is 522 g/mol. The molecule has 3 heterocycles. The van der Waals surface area contributed by atoms with E-state index < -0.39 is 5.56 Å². The Balaban J connectivity index is 1.51. The number of para-hydroxylation sites is 1. The van der Waals surface area contributed by atoms with Crippen molar-refractivity contribution in [2.45, 2.75) is 6.92 Å². The zero-order valence-electron chi connectivity index (χ0n) is 21.5. The van der Waals surface area contributed by atoms with Gasteiger partial charge in [0.15, 0.2) is 5.69 Å². The Morgan fingerprint density at radius 3 is 2.40 bits per heavy atom. The summed E-state index contributed by atoms with van der Waals surface area (Å²) in [6.07, 6.45) is 5.36. The Bertz CT molecular complexity index is 2030. The van der Waals surface area contributed by atoms with Gasteiger partial charge in [0.25, 0.3) is 5.56 Å². The maximum Gasteiger partial charge on any atom is 0.300 e. The van der Waals surface area contributed by atoms with Gasteiger partial charge in [-0.15, -0.1) is 0 Å². The molecule has 0 saturated carbocycles. The Morgan fingerprint density at radius 2 is 1.68 bits per heavy atom. The van der Waals surface area contributed by atoms with Crippen molar-refractivity contribution in [3.05, 3.63) is 134 Å². The van der Waals surface area contributed by atoms with E-state index in [0.717, 1.165) is 39.5 Å². The average molecular weight is 546 g/mol. The molecule has 40 heavy (non-hydrogen) atoms. The van der Waals surface area contributed by atoms with E-state index in [-0.39, 0.29) is 16.2 Å². The standard InChI is InChI=1S/C31H23N5O3S/c1-3-16-39-25-15-14-22(17-20(25)2)27-23(19-35(33-27)24-12-8-5-9-13-24)18-26-30(38)36-31(40-26)32-29(37)28(34-36)21-10-6-4-7-11-21/h3-15,17-19H,1,16H2,2H3. The Labute approximate surface area is 232 Å². The quantitative estimate of drug-likeness (QED) is 0.275. The van der Waals surface area contributed by atoms with Gasteiger partial charge in [0.2, 0.25) is 4.96 Å². The number of hydrogen-bond donors (Lipinski definition) is 0. The van der Waals surface area contributed by atoms with E-state index in [9.17, 15) is 9.59 Å². The second kappa shape index (κ2) is 10.5. The van der Waals surface area contributed by atoms with Gasteiger partial charge < -0.3 is 4.74 Å². The number of benzene rings is 3. The summed E-state index contributed by atoms with van der Waals surface area (Å²) in [6, 6.07) is 24.6. The lowest BCUT2D eigenvalue weighted by atomic mass is 10.0. The molecule has 0 fully saturated rings. The lowest BCUT2D eigenvalue weighted by Crippen LogP contribution is -2.26. The van der Waals surface area contributed by atoms with E-state index in [4.69, 9.17) is 9.84 Å². The largest absolute Gasteiger partial charge is 0.489 e. The van der Waals surface area contributed by atoms with E-state index >= 15 is 0 Å². The van der Waals surface area contributed by atoms with Crippen molar-refractivity contribution in [1.29, 1.82) is 0 Å². The van der Waals surface area contributed by atoms with Gasteiger partial charge in [0, 0.05) is 22.9 Å². The van der Waals surface area contributed by atoms with Crippen molar-refractivity contribution >= 4 is 22.4 Å². The molecule has 3 aromatic carbocycles. The zero-order valence-corrected chi connectivity index (χ0v) is 22.3. The lowest BCUT2D eigenvalue weighted by Gasteiger charge is -2.08. The van der Waals surface area contributed by atoms with Gasteiger partial charge in [-0.25, -0.2) is 4.68 Å². The summed E-state index contributed by atoms with van der Waals surface area (Å²) in [5.74, 6) is 0.763. The molecule has 0 atom stereocenters. The van der Waals surface area contributed by atoms with Crippen LogP contribution < -0.4 is 20.4 Å². The van der Waals surface area contributed by atoms with Gasteiger partial charge in [0.1, 0.15) is 18.1 Å². The van der Waals surface area contributed by atoms with Crippen LogP contribution in [0.2, 0.25) is 0 Å². The molecular formula is C31H23N5O3S. The molecule has 0 bridgehead atoms. The molecule has 0 amide bonds. The molecule has 0 radical (unpaired) electrons.